The molecule has 2 heterocycles. The summed E-state index contributed by atoms with van der Waals surface area (Å²) in [5.74, 6) is 0. The average Bonchev–Trinajstić information content (AvgIpc) is 2.92. The molecule has 1 fully saturated rings. The first kappa shape index (κ1) is 24.0. The topological polar surface area (TPSA) is 45.2 Å². The van der Waals surface area contributed by atoms with Crippen LogP contribution in [0.5, 0.6) is 0 Å². The molecule has 0 spiro atoms. The third kappa shape index (κ3) is 5.09. The molecule has 182 valence electrons. The fraction of sp³-hybridized carbons (Fsp3) is 0.250. The smallest absolute Gasteiger partial charge is 0.130 e. The van der Waals surface area contributed by atoms with Crippen molar-refractivity contribution < 1.29 is 4.79 Å². The lowest BCUT2D eigenvalue weighted by molar-refractivity contribution is -0.114. The number of carbonyl (C=O) groups is 1. The van der Waals surface area contributed by atoms with Crippen LogP contribution in [0.25, 0.3) is 11.1 Å². The Balaban J connectivity index is 1.35. The predicted molar refractivity (Wildman–Crippen MR) is 148 cm³/mol. The van der Waals surface area contributed by atoms with Gasteiger partial charge in [-0.2, -0.15) is 0 Å². The molecule has 36 heavy (non-hydrogen) atoms. The van der Waals surface area contributed by atoms with Gasteiger partial charge in [0.05, 0.1) is 11.1 Å². The summed E-state index contributed by atoms with van der Waals surface area (Å²) in [6, 6.07) is 29.4. The Morgan fingerprint density at radius 3 is 2.31 bits per heavy atom. The number of hydrogen-bond acceptors (Lipinski definition) is 4. The van der Waals surface area contributed by atoms with Crippen LogP contribution in [0.3, 0.4) is 0 Å². The summed E-state index contributed by atoms with van der Waals surface area (Å²) in [6.07, 6.45) is 4.64. The minimum absolute atomic E-state index is 0.490. The molecular formula is C32H33N3O. The molecule has 4 heteroatoms. The molecule has 1 N–H and O–H groups in total. The van der Waals surface area contributed by atoms with Gasteiger partial charge in [-0.15, -0.1) is 0 Å². The molecule has 0 unspecified atom stereocenters. The number of likely N-dealkylation sites (tertiary alicyclic amines) is 1. The van der Waals surface area contributed by atoms with Gasteiger partial charge in [0, 0.05) is 24.1 Å². The molecule has 1 aliphatic rings. The molecule has 0 aliphatic carbocycles. The standard InChI is InChI=1S/C32H33N3O/c1-24-10-15-29(30(21-24)34-28-13-11-27(12-14-28)26-8-4-3-5-9-26)32(23-36)16-19-35(20-17-32)22-31-25(2)7-6-18-33-31/h3-15,18,21,23,34H,16-17,19-20,22H2,1-2H3. The van der Waals surface area contributed by atoms with Crippen LogP contribution in [-0.4, -0.2) is 29.3 Å². The highest BCUT2D eigenvalue weighted by atomic mass is 16.1. The van der Waals surface area contributed by atoms with Gasteiger partial charge in [-0.25, -0.2) is 0 Å². The zero-order valence-corrected chi connectivity index (χ0v) is 21.1. The van der Waals surface area contributed by atoms with Crippen molar-refractivity contribution in [1.82, 2.24) is 9.88 Å². The van der Waals surface area contributed by atoms with Gasteiger partial charge >= 0.3 is 0 Å². The maximum absolute atomic E-state index is 12.6. The SMILES string of the molecule is Cc1ccc(C2(C=O)CCN(Cc3ncccc3C)CC2)c(Nc2ccc(-c3ccccc3)cc2)c1. The molecule has 0 amide bonds. The third-order valence-electron chi connectivity index (χ3n) is 7.45. The summed E-state index contributed by atoms with van der Waals surface area (Å²) in [4.78, 5) is 19.6. The lowest BCUT2D eigenvalue weighted by Gasteiger charge is -2.39. The molecule has 0 saturated carbocycles. The molecule has 3 aromatic carbocycles. The summed E-state index contributed by atoms with van der Waals surface area (Å²) < 4.78 is 0. The molecule has 5 rings (SSSR count). The average molecular weight is 476 g/mol. The summed E-state index contributed by atoms with van der Waals surface area (Å²) >= 11 is 0. The van der Waals surface area contributed by atoms with Crippen molar-refractivity contribution in [3.63, 3.8) is 0 Å². The van der Waals surface area contributed by atoms with Gasteiger partial charge in [0.15, 0.2) is 0 Å². The van der Waals surface area contributed by atoms with Crippen molar-refractivity contribution >= 4 is 17.7 Å². The zero-order valence-electron chi connectivity index (χ0n) is 21.1. The highest BCUT2D eigenvalue weighted by molar-refractivity contribution is 5.77. The minimum atomic E-state index is -0.490. The number of carbonyl (C=O) groups excluding carboxylic acids is 1. The number of nitrogens with zero attached hydrogens (tertiary/aromatic N) is 2. The fourth-order valence-corrected chi connectivity index (χ4v) is 5.18. The number of rotatable bonds is 7. The van der Waals surface area contributed by atoms with Crippen LogP contribution in [0, 0.1) is 13.8 Å². The van der Waals surface area contributed by atoms with Crippen LogP contribution in [-0.2, 0) is 16.8 Å². The van der Waals surface area contributed by atoms with Crippen molar-refractivity contribution in [2.45, 2.75) is 38.6 Å². The van der Waals surface area contributed by atoms with E-state index >= 15 is 0 Å². The van der Waals surface area contributed by atoms with E-state index in [2.05, 4.69) is 102 Å². The van der Waals surface area contributed by atoms with Crippen LogP contribution in [0.2, 0.25) is 0 Å². The number of pyridine rings is 1. The molecule has 0 bridgehead atoms. The Bertz CT molecular complexity index is 1320. The lowest BCUT2D eigenvalue weighted by Crippen LogP contribution is -2.43. The minimum Gasteiger partial charge on any atom is -0.355 e. The normalized spacial score (nSPS) is 15.4. The monoisotopic (exact) mass is 475 g/mol. The first-order chi connectivity index (χ1) is 17.6. The summed E-state index contributed by atoms with van der Waals surface area (Å²) in [7, 11) is 0. The van der Waals surface area contributed by atoms with Crippen LogP contribution in [0.15, 0.2) is 91.1 Å². The summed E-state index contributed by atoms with van der Waals surface area (Å²) in [5.41, 5.74) is 8.53. The van der Waals surface area contributed by atoms with E-state index < -0.39 is 5.41 Å². The number of aromatic nitrogens is 1. The van der Waals surface area contributed by atoms with Gasteiger partial charge in [-0.1, -0.05) is 60.7 Å². The van der Waals surface area contributed by atoms with Crippen LogP contribution >= 0.6 is 0 Å². The largest absolute Gasteiger partial charge is 0.355 e. The Hall–Kier alpha value is -3.76. The van der Waals surface area contributed by atoms with Gasteiger partial charge in [0.2, 0.25) is 0 Å². The lowest BCUT2D eigenvalue weighted by atomic mass is 9.73. The number of nitrogens with one attached hydrogen (secondary N) is 1. The van der Waals surface area contributed by atoms with Gasteiger partial charge in [-0.05, 0) is 91.9 Å². The maximum atomic E-state index is 12.6. The molecule has 1 aromatic heterocycles. The number of benzene rings is 3. The molecule has 0 radical (unpaired) electrons. The van der Waals surface area contributed by atoms with Gasteiger partial charge in [0.25, 0.3) is 0 Å². The van der Waals surface area contributed by atoms with E-state index in [0.29, 0.717) is 0 Å². The number of piperidine rings is 1. The Labute approximate surface area is 214 Å². The number of hydrogen-bond donors (Lipinski definition) is 1. The summed E-state index contributed by atoms with van der Waals surface area (Å²) in [5, 5.41) is 3.62. The third-order valence-corrected chi connectivity index (χ3v) is 7.45. The number of aldehydes is 1. The van der Waals surface area contributed by atoms with Crippen LogP contribution in [0.1, 0.15) is 35.2 Å². The van der Waals surface area contributed by atoms with E-state index in [1.54, 1.807) is 0 Å². The maximum Gasteiger partial charge on any atom is 0.130 e. The highest BCUT2D eigenvalue weighted by Gasteiger charge is 2.38. The van der Waals surface area contributed by atoms with E-state index in [1.807, 2.05) is 18.3 Å². The highest BCUT2D eigenvalue weighted by Crippen LogP contribution is 2.39. The summed E-state index contributed by atoms with van der Waals surface area (Å²) in [6.45, 7) is 6.77. The molecule has 4 nitrogen and oxygen atoms in total. The fourth-order valence-electron chi connectivity index (χ4n) is 5.18. The van der Waals surface area contributed by atoms with Crippen molar-refractivity contribution in [1.29, 1.82) is 0 Å². The van der Waals surface area contributed by atoms with E-state index in [1.165, 1.54) is 28.5 Å². The van der Waals surface area contributed by atoms with Gasteiger partial charge in [0.1, 0.15) is 6.29 Å². The van der Waals surface area contributed by atoms with Crippen molar-refractivity contribution in [2.75, 3.05) is 18.4 Å². The van der Waals surface area contributed by atoms with Gasteiger partial charge in [-0.3, -0.25) is 9.88 Å². The van der Waals surface area contributed by atoms with E-state index in [0.717, 1.165) is 55.1 Å². The molecular weight excluding hydrogens is 442 g/mol. The van der Waals surface area contributed by atoms with E-state index in [-0.39, 0.29) is 0 Å². The van der Waals surface area contributed by atoms with Crippen molar-refractivity contribution in [3.05, 3.63) is 114 Å². The number of anilines is 2. The molecule has 1 aliphatic heterocycles. The Morgan fingerprint density at radius 1 is 0.889 bits per heavy atom. The Morgan fingerprint density at radius 2 is 1.61 bits per heavy atom. The second-order valence-electron chi connectivity index (χ2n) is 9.93. The van der Waals surface area contributed by atoms with E-state index in [4.69, 9.17) is 0 Å². The molecule has 4 aromatic rings. The second kappa shape index (κ2) is 10.5. The predicted octanol–water partition coefficient (Wildman–Crippen LogP) is 6.84. The number of aryl methyl sites for hydroxylation is 2. The quantitative estimate of drug-likeness (QED) is 0.297. The molecule has 1 saturated heterocycles. The van der Waals surface area contributed by atoms with Crippen LogP contribution < -0.4 is 5.32 Å². The zero-order chi connectivity index (χ0) is 25.0. The second-order valence-corrected chi connectivity index (χ2v) is 9.93. The van der Waals surface area contributed by atoms with Crippen LogP contribution in [0.4, 0.5) is 11.4 Å². The van der Waals surface area contributed by atoms with Crippen molar-refractivity contribution in [3.8, 4) is 11.1 Å². The van der Waals surface area contributed by atoms with Crippen molar-refractivity contribution in [2.24, 2.45) is 0 Å². The van der Waals surface area contributed by atoms with Gasteiger partial charge < -0.3 is 10.1 Å². The van der Waals surface area contributed by atoms with E-state index in [9.17, 15) is 4.79 Å². The Kier molecular flexibility index (Phi) is 6.97. The first-order valence-electron chi connectivity index (χ1n) is 12.7. The molecule has 0 atom stereocenters. The first-order valence-corrected chi connectivity index (χ1v) is 12.7.